The first-order valence-corrected chi connectivity index (χ1v) is 11.0. The molecular formula is C26H25NO6. The second-order valence-corrected chi connectivity index (χ2v) is 7.66. The molecule has 1 aliphatic heterocycles. The zero-order chi connectivity index (χ0) is 23.7. The fourth-order valence-corrected chi connectivity index (χ4v) is 4.33. The van der Waals surface area contributed by atoms with Gasteiger partial charge in [0.25, 0.3) is 11.8 Å². The SMILES string of the molecule is CCOc1c2c(c(OCC)c3ccccc13)C(=O)N(c1ccc(C(CC)C(=O)O)cc1)C2=O. The van der Waals surface area contributed by atoms with E-state index in [-0.39, 0.29) is 11.1 Å². The van der Waals surface area contributed by atoms with Crippen LogP contribution in [0.2, 0.25) is 0 Å². The molecule has 1 heterocycles. The summed E-state index contributed by atoms with van der Waals surface area (Å²) in [4.78, 5) is 39.7. The molecule has 0 aromatic heterocycles. The summed E-state index contributed by atoms with van der Waals surface area (Å²) in [6, 6.07) is 13.9. The Balaban J connectivity index is 1.87. The molecule has 170 valence electrons. The van der Waals surface area contributed by atoms with Crippen LogP contribution in [0.3, 0.4) is 0 Å². The fraction of sp³-hybridized carbons (Fsp3) is 0.269. The van der Waals surface area contributed by atoms with E-state index in [9.17, 15) is 19.5 Å². The third kappa shape index (κ3) is 3.59. The molecule has 0 radical (unpaired) electrons. The van der Waals surface area contributed by atoms with Gasteiger partial charge < -0.3 is 14.6 Å². The van der Waals surface area contributed by atoms with Crippen molar-refractivity contribution >= 4 is 34.2 Å². The second kappa shape index (κ2) is 8.94. The van der Waals surface area contributed by atoms with Gasteiger partial charge in [0.1, 0.15) is 11.5 Å². The molecule has 0 saturated carbocycles. The predicted octanol–water partition coefficient (Wildman–Crippen LogP) is 5.02. The maximum absolute atomic E-state index is 13.6. The Bertz CT molecular complexity index is 1180. The lowest BCUT2D eigenvalue weighted by Crippen LogP contribution is -2.29. The van der Waals surface area contributed by atoms with E-state index in [1.807, 2.05) is 38.1 Å². The summed E-state index contributed by atoms with van der Waals surface area (Å²) in [7, 11) is 0. The molecule has 1 N–H and O–H groups in total. The maximum atomic E-state index is 13.6. The smallest absolute Gasteiger partial charge is 0.310 e. The van der Waals surface area contributed by atoms with E-state index in [2.05, 4.69) is 0 Å². The van der Waals surface area contributed by atoms with Crippen molar-refractivity contribution in [3.05, 3.63) is 65.2 Å². The van der Waals surface area contributed by atoms with Crippen molar-refractivity contribution in [2.24, 2.45) is 0 Å². The number of anilines is 1. The van der Waals surface area contributed by atoms with Crippen LogP contribution in [-0.2, 0) is 4.79 Å². The van der Waals surface area contributed by atoms with Gasteiger partial charge in [-0.05, 0) is 38.0 Å². The van der Waals surface area contributed by atoms with Crippen LogP contribution in [0.25, 0.3) is 10.8 Å². The number of aliphatic carboxylic acids is 1. The van der Waals surface area contributed by atoms with Gasteiger partial charge in [-0.2, -0.15) is 0 Å². The highest BCUT2D eigenvalue weighted by molar-refractivity contribution is 6.38. The van der Waals surface area contributed by atoms with Crippen molar-refractivity contribution < 1.29 is 29.0 Å². The average molecular weight is 447 g/mol. The molecule has 7 nitrogen and oxygen atoms in total. The van der Waals surface area contributed by atoms with Gasteiger partial charge in [0.05, 0.1) is 35.9 Å². The van der Waals surface area contributed by atoms with E-state index < -0.39 is 23.7 Å². The fourth-order valence-electron chi connectivity index (χ4n) is 4.33. The van der Waals surface area contributed by atoms with Crippen LogP contribution in [0, 0.1) is 0 Å². The molecule has 4 rings (SSSR count). The molecule has 0 saturated heterocycles. The van der Waals surface area contributed by atoms with Crippen LogP contribution in [0.15, 0.2) is 48.5 Å². The normalized spacial score (nSPS) is 13.8. The summed E-state index contributed by atoms with van der Waals surface area (Å²) in [5.74, 6) is -1.84. The molecular weight excluding hydrogens is 422 g/mol. The number of benzene rings is 3. The molecule has 1 aliphatic rings. The number of hydrogen-bond donors (Lipinski definition) is 1. The number of rotatable bonds is 8. The summed E-state index contributed by atoms with van der Waals surface area (Å²) in [6.45, 7) is 6.10. The van der Waals surface area contributed by atoms with E-state index in [1.165, 1.54) is 0 Å². The van der Waals surface area contributed by atoms with Crippen LogP contribution in [0.1, 0.15) is 59.4 Å². The third-order valence-electron chi connectivity index (χ3n) is 5.79. The first-order valence-electron chi connectivity index (χ1n) is 11.0. The number of carbonyl (C=O) groups is 3. The van der Waals surface area contributed by atoms with E-state index in [0.717, 1.165) is 4.90 Å². The highest BCUT2D eigenvalue weighted by atomic mass is 16.5. The van der Waals surface area contributed by atoms with Gasteiger partial charge in [-0.3, -0.25) is 14.4 Å². The number of fused-ring (bicyclic) bond motifs is 2. The molecule has 33 heavy (non-hydrogen) atoms. The van der Waals surface area contributed by atoms with Gasteiger partial charge in [-0.25, -0.2) is 4.90 Å². The summed E-state index contributed by atoms with van der Waals surface area (Å²) in [6.07, 6.45) is 0.434. The molecule has 0 spiro atoms. The minimum atomic E-state index is -0.916. The quantitative estimate of drug-likeness (QED) is 0.488. The number of hydrogen-bond acceptors (Lipinski definition) is 5. The Labute approximate surface area is 191 Å². The molecule has 0 bridgehead atoms. The largest absolute Gasteiger partial charge is 0.492 e. The Morgan fingerprint density at radius 2 is 1.33 bits per heavy atom. The van der Waals surface area contributed by atoms with Crippen molar-refractivity contribution in [2.75, 3.05) is 18.1 Å². The van der Waals surface area contributed by atoms with Crippen molar-refractivity contribution in [2.45, 2.75) is 33.1 Å². The van der Waals surface area contributed by atoms with E-state index >= 15 is 0 Å². The number of ether oxygens (including phenoxy) is 2. The topological polar surface area (TPSA) is 93.1 Å². The monoisotopic (exact) mass is 447 g/mol. The second-order valence-electron chi connectivity index (χ2n) is 7.66. The molecule has 1 atom stereocenters. The molecule has 2 amide bonds. The summed E-state index contributed by atoms with van der Waals surface area (Å²) >= 11 is 0. The summed E-state index contributed by atoms with van der Waals surface area (Å²) in [5.41, 5.74) is 1.34. The molecule has 7 heteroatoms. The number of carboxylic acid groups (broad SMARTS) is 1. The van der Waals surface area contributed by atoms with E-state index in [1.54, 1.807) is 31.2 Å². The van der Waals surface area contributed by atoms with Crippen LogP contribution >= 0.6 is 0 Å². The predicted molar refractivity (Wildman–Crippen MR) is 125 cm³/mol. The first-order chi connectivity index (χ1) is 15.9. The molecule has 1 unspecified atom stereocenters. The maximum Gasteiger partial charge on any atom is 0.310 e. The zero-order valence-corrected chi connectivity index (χ0v) is 18.8. The summed E-state index contributed by atoms with van der Waals surface area (Å²) in [5, 5.41) is 10.8. The Morgan fingerprint density at radius 3 is 1.73 bits per heavy atom. The number of amides is 2. The van der Waals surface area contributed by atoms with Crippen LogP contribution in [0.5, 0.6) is 11.5 Å². The number of imide groups is 1. The summed E-state index contributed by atoms with van der Waals surface area (Å²) < 4.78 is 11.7. The minimum absolute atomic E-state index is 0.185. The average Bonchev–Trinajstić information content (AvgIpc) is 3.07. The van der Waals surface area contributed by atoms with Gasteiger partial charge in [0, 0.05) is 10.8 Å². The van der Waals surface area contributed by atoms with Crippen molar-refractivity contribution in [3.8, 4) is 11.5 Å². The Hall–Kier alpha value is -3.87. The minimum Gasteiger partial charge on any atom is -0.492 e. The number of carboxylic acids is 1. The van der Waals surface area contributed by atoms with Gasteiger partial charge >= 0.3 is 5.97 Å². The van der Waals surface area contributed by atoms with Gasteiger partial charge in [0.15, 0.2) is 0 Å². The molecule has 3 aromatic carbocycles. The van der Waals surface area contributed by atoms with E-state index in [4.69, 9.17) is 9.47 Å². The standard InChI is InChI=1S/C26H25NO6/c1-4-17(26(30)31)15-11-13-16(14-12-15)27-24(28)20-21(25(27)29)23(33-6-3)19-10-8-7-9-18(19)22(20)32-5-2/h7-14,17H,4-6H2,1-3H3,(H,30,31). The lowest BCUT2D eigenvalue weighted by Gasteiger charge is -2.16. The van der Waals surface area contributed by atoms with Gasteiger partial charge in [-0.1, -0.05) is 43.3 Å². The van der Waals surface area contributed by atoms with Gasteiger partial charge in [-0.15, -0.1) is 0 Å². The van der Waals surface area contributed by atoms with Gasteiger partial charge in [0.2, 0.25) is 0 Å². The highest BCUT2D eigenvalue weighted by Crippen LogP contribution is 2.46. The number of nitrogens with zero attached hydrogens (tertiary/aromatic N) is 1. The van der Waals surface area contributed by atoms with Crippen molar-refractivity contribution in [3.63, 3.8) is 0 Å². The van der Waals surface area contributed by atoms with Crippen LogP contribution < -0.4 is 14.4 Å². The molecule has 0 fully saturated rings. The third-order valence-corrected chi connectivity index (χ3v) is 5.79. The molecule has 3 aromatic rings. The van der Waals surface area contributed by atoms with Crippen molar-refractivity contribution in [1.82, 2.24) is 0 Å². The Kier molecular flexibility index (Phi) is 6.05. The van der Waals surface area contributed by atoms with Crippen LogP contribution in [0.4, 0.5) is 5.69 Å². The first kappa shape index (κ1) is 22.3. The van der Waals surface area contributed by atoms with Crippen LogP contribution in [-0.4, -0.2) is 36.1 Å². The molecule has 0 aliphatic carbocycles. The highest BCUT2D eigenvalue weighted by Gasteiger charge is 2.43. The lowest BCUT2D eigenvalue weighted by molar-refractivity contribution is -0.138. The zero-order valence-electron chi connectivity index (χ0n) is 18.8. The lowest BCUT2D eigenvalue weighted by atomic mass is 9.96. The van der Waals surface area contributed by atoms with Crippen molar-refractivity contribution in [1.29, 1.82) is 0 Å². The number of carbonyl (C=O) groups excluding carboxylic acids is 2. The Morgan fingerprint density at radius 1 is 0.848 bits per heavy atom. The van der Waals surface area contributed by atoms with E-state index in [0.29, 0.717) is 53.2 Å².